The number of likely N-dealkylation sites (tertiary alicyclic amines) is 1. The molecule has 1 amide bonds. The molecule has 0 spiro atoms. The molecule has 4 heterocycles. The highest BCUT2D eigenvalue weighted by atomic mass is 32.1. The highest BCUT2D eigenvalue weighted by molar-refractivity contribution is 7.22. The van der Waals surface area contributed by atoms with Gasteiger partial charge in [-0.25, -0.2) is 9.97 Å². The van der Waals surface area contributed by atoms with Crippen molar-refractivity contribution in [2.24, 2.45) is 0 Å². The first-order valence-corrected chi connectivity index (χ1v) is 12.7. The maximum absolute atomic E-state index is 12.7. The number of rotatable bonds is 6. The van der Waals surface area contributed by atoms with Crippen LogP contribution >= 0.6 is 11.3 Å². The molecule has 0 bridgehead atoms. The fraction of sp³-hybridized carbons (Fsp3) is 0.480. The first kappa shape index (κ1) is 22.1. The van der Waals surface area contributed by atoms with Gasteiger partial charge in [-0.05, 0) is 62.5 Å². The van der Waals surface area contributed by atoms with Crippen molar-refractivity contribution < 1.29 is 9.53 Å². The van der Waals surface area contributed by atoms with Crippen molar-refractivity contribution in [1.82, 2.24) is 20.2 Å². The van der Waals surface area contributed by atoms with Crippen LogP contribution in [0, 0.1) is 0 Å². The Bertz CT molecular complexity index is 1090. The van der Waals surface area contributed by atoms with E-state index < -0.39 is 0 Å². The summed E-state index contributed by atoms with van der Waals surface area (Å²) in [5.74, 6) is 0.624. The molecule has 2 saturated heterocycles. The number of benzene rings is 1. The number of thiazole rings is 1. The molecule has 5 rings (SSSR count). The first-order valence-electron chi connectivity index (χ1n) is 11.9. The van der Waals surface area contributed by atoms with E-state index in [1.165, 1.54) is 45.2 Å². The largest absolute Gasteiger partial charge is 0.497 e. The van der Waals surface area contributed by atoms with Gasteiger partial charge in [-0.2, -0.15) is 0 Å². The number of piperidine rings is 2. The Labute approximate surface area is 198 Å². The lowest BCUT2D eigenvalue weighted by Crippen LogP contribution is -2.46. The highest BCUT2D eigenvalue weighted by Crippen LogP contribution is 2.31. The van der Waals surface area contributed by atoms with Gasteiger partial charge in [0.05, 0.1) is 18.0 Å². The summed E-state index contributed by atoms with van der Waals surface area (Å²) in [4.78, 5) is 26.9. The van der Waals surface area contributed by atoms with E-state index in [-0.39, 0.29) is 5.91 Å². The molecule has 8 heteroatoms. The quantitative estimate of drug-likeness (QED) is 0.591. The molecule has 1 N–H and O–H groups in total. The number of carbonyl (C=O) groups is 1. The van der Waals surface area contributed by atoms with E-state index in [0.717, 1.165) is 45.8 Å². The van der Waals surface area contributed by atoms with Crippen molar-refractivity contribution >= 4 is 32.6 Å². The van der Waals surface area contributed by atoms with Crippen molar-refractivity contribution in [3.8, 4) is 5.75 Å². The van der Waals surface area contributed by atoms with E-state index in [4.69, 9.17) is 9.72 Å². The average Bonchev–Trinajstić information content (AvgIpc) is 3.32. The number of pyridine rings is 1. The van der Waals surface area contributed by atoms with Gasteiger partial charge in [0.2, 0.25) is 0 Å². The number of hydrogen-bond acceptors (Lipinski definition) is 7. The maximum atomic E-state index is 12.7. The number of ether oxygens (including phenoxy) is 1. The third-order valence-electron chi connectivity index (χ3n) is 6.75. The summed E-state index contributed by atoms with van der Waals surface area (Å²) in [5, 5.41) is 3.99. The first-order chi connectivity index (χ1) is 16.2. The number of fused-ring (bicyclic) bond motifs is 1. The number of amides is 1. The zero-order valence-corrected chi connectivity index (χ0v) is 19.9. The Morgan fingerprint density at radius 3 is 2.61 bits per heavy atom. The van der Waals surface area contributed by atoms with E-state index in [0.29, 0.717) is 12.2 Å². The summed E-state index contributed by atoms with van der Waals surface area (Å²) in [6.45, 7) is 5.07. The summed E-state index contributed by atoms with van der Waals surface area (Å²) in [7, 11) is 1.64. The van der Waals surface area contributed by atoms with Crippen LogP contribution in [0.25, 0.3) is 10.2 Å². The van der Waals surface area contributed by atoms with Crippen LogP contribution in [0.15, 0.2) is 36.5 Å². The molecule has 0 saturated carbocycles. The summed E-state index contributed by atoms with van der Waals surface area (Å²) < 4.78 is 6.18. The Morgan fingerprint density at radius 1 is 1.12 bits per heavy atom. The summed E-state index contributed by atoms with van der Waals surface area (Å²) in [6.07, 6.45) is 8.21. The average molecular weight is 466 g/mol. The Hall–Kier alpha value is -2.71. The lowest BCUT2D eigenvalue weighted by Gasteiger charge is -2.40. The minimum absolute atomic E-state index is 0.176. The molecule has 2 aliphatic rings. The van der Waals surface area contributed by atoms with Crippen LogP contribution in [0.3, 0.4) is 0 Å². The molecule has 2 fully saturated rings. The molecule has 1 aromatic carbocycles. The SMILES string of the molecule is COc1ccc(CNC(=O)c2cc3sc(N4CCC(N5CCCCC5)CC4)nc3cn2)cc1. The van der Waals surface area contributed by atoms with E-state index in [9.17, 15) is 4.79 Å². The Kier molecular flexibility index (Phi) is 6.73. The van der Waals surface area contributed by atoms with Gasteiger partial charge in [0.15, 0.2) is 5.13 Å². The lowest BCUT2D eigenvalue weighted by atomic mass is 10.0. The minimum Gasteiger partial charge on any atom is -0.497 e. The number of aromatic nitrogens is 2. The van der Waals surface area contributed by atoms with Crippen LogP contribution in [0.5, 0.6) is 5.75 Å². The summed E-state index contributed by atoms with van der Waals surface area (Å²) >= 11 is 1.66. The normalized spacial score (nSPS) is 17.9. The lowest BCUT2D eigenvalue weighted by molar-refractivity contribution is 0.0946. The van der Waals surface area contributed by atoms with Gasteiger partial charge in [-0.3, -0.25) is 4.79 Å². The predicted octanol–water partition coefficient (Wildman–Crippen LogP) is 4.08. The summed E-state index contributed by atoms with van der Waals surface area (Å²) in [5.41, 5.74) is 2.30. The van der Waals surface area contributed by atoms with E-state index in [1.807, 2.05) is 30.3 Å². The van der Waals surface area contributed by atoms with Crippen LogP contribution < -0.4 is 15.0 Å². The van der Waals surface area contributed by atoms with Crippen molar-refractivity contribution in [2.45, 2.75) is 44.7 Å². The van der Waals surface area contributed by atoms with E-state index >= 15 is 0 Å². The third kappa shape index (κ3) is 5.12. The number of nitrogens with one attached hydrogen (secondary N) is 1. The second-order valence-electron chi connectivity index (χ2n) is 8.88. The van der Waals surface area contributed by atoms with Crippen molar-refractivity contribution in [1.29, 1.82) is 0 Å². The number of methoxy groups -OCH3 is 1. The Morgan fingerprint density at radius 2 is 1.88 bits per heavy atom. The van der Waals surface area contributed by atoms with Gasteiger partial charge in [0.1, 0.15) is 17.0 Å². The van der Waals surface area contributed by atoms with Gasteiger partial charge in [0, 0.05) is 25.7 Å². The molecule has 0 atom stereocenters. The van der Waals surface area contributed by atoms with E-state index in [1.54, 1.807) is 24.6 Å². The Balaban J connectivity index is 1.20. The minimum atomic E-state index is -0.176. The van der Waals surface area contributed by atoms with Crippen molar-refractivity contribution in [2.75, 3.05) is 38.2 Å². The molecule has 7 nitrogen and oxygen atoms in total. The molecule has 2 aromatic heterocycles. The second kappa shape index (κ2) is 10.1. The van der Waals surface area contributed by atoms with Gasteiger partial charge in [0.25, 0.3) is 5.91 Å². The van der Waals surface area contributed by atoms with Gasteiger partial charge >= 0.3 is 0 Å². The second-order valence-corrected chi connectivity index (χ2v) is 9.89. The number of anilines is 1. The predicted molar refractivity (Wildman–Crippen MR) is 132 cm³/mol. The van der Waals surface area contributed by atoms with Crippen molar-refractivity contribution in [3.63, 3.8) is 0 Å². The molecule has 3 aromatic rings. The molecule has 0 aliphatic carbocycles. The van der Waals surface area contributed by atoms with Crippen LogP contribution in [0.2, 0.25) is 0 Å². The van der Waals surface area contributed by atoms with E-state index in [2.05, 4.69) is 20.1 Å². The smallest absolute Gasteiger partial charge is 0.270 e. The molecule has 0 unspecified atom stereocenters. The summed E-state index contributed by atoms with van der Waals surface area (Å²) in [6, 6.07) is 10.2. The highest BCUT2D eigenvalue weighted by Gasteiger charge is 2.27. The third-order valence-corrected chi connectivity index (χ3v) is 7.83. The molecular weight excluding hydrogens is 434 g/mol. The standard InChI is InChI=1S/C25H31N5O2S/c1-32-20-7-5-18(6-8-20)16-27-24(31)21-15-23-22(17-26-21)28-25(33-23)30-13-9-19(10-14-30)29-11-3-2-4-12-29/h5-8,15,17,19H,2-4,9-14,16H2,1H3,(H,27,31). The molecule has 0 radical (unpaired) electrons. The monoisotopic (exact) mass is 465 g/mol. The van der Waals surface area contributed by atoms with Gasteiger partial charge in [-0.1, -0.05) is 29.9 Å². The van der Waals surface area contributed by atoms with Gasteiger partial charge in [-0.15, -0.1) is 0 Å². The van der Waals surface area contributed by atoms with Gasteiger partial charge < -0.3 is 19.9 Å². The number of nitrogens with zero attached hydrogens (tertiary/aromatic N) is 4. The number of hydrogen-bond donors (Lipinski definition) is 1. The number of carbonyl (C=O) groups excluding carboxylic acids is 1. The van der Waals surface area contributed by atoms with Crippen LogP contribution in [0.1, 0.15) is 48.2 Å². The molecule has 174 valence electrons. The fourth-order valence-corrected chi connectivity index (χ4v) is 5.83. The zero-order valence-electron chi connectivity index (χ0n) is 19.1. The molecule has 33 heavy (non-hydrogen) atoms. The topological polar surface area (TPSA) is 70.6 Å². The maximum Gasteiger partial charge on any atom is 0.270 e. The van der Waals surface area contributed by atoms with Crippen molar-refractivity contribution in [3.05, 3.63) is 47.8 Å². The molecule has 2 aliphatic heterocycles. The van der Waals surface area contributed by atoms with Crippen LogP contribution in [-0.2, 0) is 6.54 Å². The zero-order chi connectivity index (χ0) is 22.6. The molecular formula is C25H31N5O2S. The van der Waals surface area contributed by atoms with Crippen LogP contribution in [-0.4, -0.2) is 60.1 Å². The fourth-order valence-electron chi connectivity index (χ4n) is 4.80. The van der Waals surface area contributed by atoms with Crippen LogP contribution in [0.4, 0.5) is 5.13 Å².